The standard InChI is InChI=1S/C9H9Cl2N3O/c10-5-2-1-3-6(11)8(5)9-13-7(12)4-14(9)15/h1-3,9,15H,4H2,(H2,12,13). The molecule has 1 aliphatic heterocycles. The minimum atomic E-state index is -0.605. The molecule has 0 radical (unpaired) electrons. The molecule has 1 atom stereocenters. The minimum absolute atomic E-state index is 0.201. The monoisotopic (exact) mass is 245 g/mol. The number of halogens is 2. The van der Waals surface area contributed by atoms with Crippen molar-refractivity contribution in [2.24, 2.45) is 10.7 Å². The highest BCUT2D eigenvalue weighted by molar-refractivity contribution is 6.36. The van der Waals surface area contributed by atoms with Crippen molar-refractivity contribution >= 4 is 29.0 Å². The molecule has 6 heteroatoms. The number of benzene rings is 1. The average molecular weight is 246 g/mol. The summed E-state index contributed by atoms with van der Waals surface area (Å²) in [6, 6.07) is 5.12. The molecular formula is C9H9Cl2N3O. The summed E-state index contributed by atoms with van der Waals surface area (Å²) in [6.07, 6.45) is -0.605. The molecule has 0 amide bonds. The predicted molar refractivity (Wildman–Crippen MR) is 59.3 cm³/mol. The molecule has 1 aromatic carbocycles. The van der Waals surface area contributed by atoms with Gasteiger partial charge in [0, 0.05) is 15.6 Å². The van der Waals surface area contributed by atoms with Crippen molar-refractivity contribution in [3.8, 4) is 0 Å². The maximum atomic E-state index is 9.58. The Bertz CT molecular complexity index is 402. The molecule has 2 rings (SSSR count). The van der Waals surface area contributed by atoms with Crippen molar-refractivity contribution in [1.29, 1.82) is 0 Å². The Morgan fingerprint density at radius 2 is 2.00 bits per heavy atom. The summed E-state index contributed by atoms with van der Waals surface area (Å²) in [6.45, 7) is 0.201. The van der Waals surface area contributed by atoms with Gasteiger partial charge in [0.1, 0.15) is 5.84 Å². The topological polar surface area (TPSA) is 61.8 Å². The molecule has 0 spiro atoms. The van der Waals surface area contributed by atoms with Crippen molar-refractivity contribution in [3.05, 3.63) is 33.8 Å². The van der Waals surface area contributed by atoms with E-state index in [4.69, 9.17) is 28.9 Å². The van der Waals surface area contributed by atoms with E-state index in [1.165, 1.54) is 0 Å². The van der Waals surface area contributed by atoms with Gasteiger partial charge in [0.15, 0.2) is 6.17 Å². The van der Waals surface area contributed by atoms with Crippen molar-refractivity contribution in [2.75, 3.05) is 6.54 Å². The second-order valence-electron chi connectivity index (χ2n) is 3.23. The Labute approximate surface area is 96.9 Å². The number of aliphatic imine (C=N–C) groups is 1. The van der Waals surface area contributed by atoms with Gasteiger partial charge in [-0.05, 0) is 12.1 Å². The molecule has 1 aromatic rings. The summed E-state index contributed by atoms with van der Waals surface area (Å²) in [4.78, 5) is 4.06. The van der Waals surface area contributed by atoms with E-state index in [9.17, 15) is 5.21 Å². The molecular weight excluding hydrogens is 237 g/mol. The summed E-state index contributed by atoms with van der Waals surface area (Å²) in [7, 11) is 0. The number of hydrogen-bond acceptors (Lipinski definition) is 4. The third-order valence-corrected chi connectivity index (χ3v) is 2.81. The SMILES string of the molecule is NC1=NC(c2c(Cl)cccc2Cl)N(O)C1. The molecule has 0 saturated heterocycles. The van der Waals surface area contributed by atoms with Gasteiger partial charge >= 0.3 is 0 Å². The van der Waals surface area contributed by atoms with Crippen LogP contribution in [0, 0.1) is 0 Å². The molecule has 0 aliphatic carbocycles. The van der Waals surface area contributed by atoms with Crippen LogP contribution in [-0.4, -0.2) is 22.7 Å². The maximum Gasteiger partial charge on any atom is 0.155 e. The lowest BCUT2D eigenvalue weighted by Crippen LogP contribution is -2.25. The van der Waals surface area contributed by atoms with Crippen LogP contribution in [0.4, 0.5) is 0 Å². The fraction of sp³-hybridized carbons (Fsp3) is 0.222. The lowest BCUT2D eigenvalue weighted by molar-refractivity contribution is -0.103. The van der Waals surface area contributed by atoms with Crippen LogP contribution in [0.25, 0.3) is 0 Å². The van der Waals surface area contributed by atoms with Gasteiger partial charge in [-0.1, -0.05) is 29.3 Å². The van der Waals surface area contributed by atoms with Crippen LogP contribution in [-0.2, 0) is 0 Å². The number of nitrogens with two attached hydrogens (primary N) is 1. The van der Waals surface area contributed by atoms with Gasteiger partial charge in [0.05, 0.1) is 6.54 Å². The molecule has 4 nitrogen and oxygen atoms in total. The van der Waals surface area contributed by atoms with Crippen LogP contribution >= 0.6 is 23.2 Å². The third kappa shape index (κ3) is 1.94. The molecule has 0 bridgehead atoms. The first-order chi connectivity index (χ1) is 7.09. The Morgan fingerprint density at radius 3 is 2.47 bits per heavy atom. The van der Waals surface area contributed by atoms with E-state index in [0.29, 0.717) is 21.4 Å². The van der Waals surface area contributed by atoms with E-state index < -0.39 is 6.17 Å². The zero-order valence-corrected chi connectivity index (χ0v) is 9.20. The van der Waals surface area contributed by atoms with E-state index in [1.54, 1.807) is 18.2 Å². The van der Waals surface area contributed by atoms with Gasteiger partial charge in [-0.2, -0.15) is 5.06 Å². The van der Waals surface area contributed by atoms with Crippen LogP contribution in [0.5, 0.6) is 0 Å². The highest BCUT2D eigenvalue weighted by Gasteiger charge is 2.28. The molecule has 15 heavy (non-hydrogen) atoms. The Morgan fingerprint density at radius 1 is 1.40 bits per heavy atom. The fourth-order valence-corrected chi connectivity index (χ4v) is 2.08. The van der Waals surface area contributed by atoms with Gasteiger partial charge in [-0.3, -0.25) is 0 Å². The summed E-state index contributed by atoms with van der Waals surface area (Å²) < 4.78 is 0. The lowest BCUT2D eigenvalue weighted by Gasteiger charge is -2.17. The van der Waals surface area contributed by atoms with Crippen LogP contribution < -0.4 is 5.73 Å². The number of rotatable bonds is 1. The molecule has 0 aromatic heterocycles. The number of hydroxylamine groups is 2. The molecule has 3 N–H and O–H groups in total. The van der Waals surface area contributed by atoms with E-state index in [2.05, 4.69) is 4.99 Å². The molecule has 1 aliphatic rings. The van der Waals surface area contributed by atoms with E-state index in [0.717, 1.165) is 5.06 Å². The first-order valence-corrected chi connectivity index (χ1v) is 5.07. The van der Waals surface area contributed by atoms with Crippen LogP contribution in [0.1, 0.15) is 11.7 Å². The minimum Gasteiger partial charge on any atom is -0.386 e. The molecule has 0 saturated carbocycles. The zero-order chi connectivity index (χ0) is 11.0. The highest BCUT2D eigenvalue weighted by Crippen LogP contribution is 2.35. The van der Waals surface area contributed by atoms with Crippen LogP contribution in [0.2, 0.25) is 10.0 Å². The zero-order valence-electron chi connectivity index (χ0n) is 7.69. The smallest absolute Gasteiger partial charge is 0.155 e. The Hall–Kier alpha value is -0.810. The maximum absolute atomic E-state index is 9.58. The molecule has 80 valence electrons. The summed E-state index contributed by atoms with van der Waals surface area (Å²) >= 11 is 12.0. The predicted octanol–water partition coefficient (Wildman–Crippen LogP) is 2.05. The van der Waals surface area contributed by atoms with Gasteiger partial charge in [-0.25, -0.2) is 4.99 Å². The largest absolute Gasteiger partial charge is 0.386 e. The van der Waals surface area contributed by atoms with Gasteiger partial charge in [0.2, 0.25) is 0 Å². The third-order valence-electron chi connectivity index (χ3n) is 2.15. The Balaban J connectivity index is 2.46. The summed E-state index contributed by atoms with van der Waals surface area (Å²) in [5.41, 5.74) is 6.09. The van der Waals surface area contributed by atoms with Gasteiger partial charge in [-0.15, -0.1) is 0 Å². The number of amidine groups is 1. The Kier molecular flexibility index (Phi) is 2.84. The summed E-state index contributed by atoms with van der Waals surface area (Å²) in [5, 5.41) is 11.5. The number of hydrogen-bond donors (Lipinski definition) is 2. The van der Waals surface area contributed by atoms with E-state index >= 15 is 0 Å². The molecule has 1 heterocycles. The molecule has 0 fully saturated rings. The quantitative estimate of drug-likeness (QED) is 0.797. The van der Waals surface area contributed by atoms with Gasteiger partial charge < -0.3 is 10.9 Å². The average Bonchev–Trinajstić information content (AvgIpc) is 2.45. The summed E-state index contributed by atoms with van der Waals surface area (Å²) in [5.74, 6) is 0.360. The highest BCUT2D eigenvalue weighted by atomic mass is 35.5. The van der Waals surface area contributed by atoms with Crippen molar-refractivity contribution < 1.29 is 5.21 Å². The van der Waals surface area contributed by atoms with E-state index in [-0.39, 0.29) is 6.54 Å². The normalized spacial score (nSPS) is 21.8. The first kappa shape index (κ1) is 10.7. The second kappa shape index (κ2) is 3.98. The van der Waals surface area contributed by atoms with Gasteiger partial charge in [0.25, 0.3) is 0 Å². The lowest BCUT2D eigenvalue weighted by atomic mass is 10.2. The fourth-order valence-electron chi connectivity index (χ4n) is 1.49. The first-order valence-electron chi connectivity index (χ1n) is 4.31. The molecule has 1 unspecified atom stereocenters. The number of nitrogens with zero attached hydrogens (tertiary/aromatic N) is 2. The van der Waals surface area contributed by atoms with Crippen LogP contribution in [0.15, 0.2) is 23.2 Å². The van der Waals surface area contributed by atoms with Crippen molar-refractivity contribution in [1.82, 2.24) is 5.06 Å². The van der Waals surface area contributed by atoms with Crippen molar-refractivity contribution in [3.63, 3.8) is 0 Å². The van der Waals surface area contributed by atoms with Crippen LogP contribution in [0.3, 0.4) is 0 Å². The second-order valence-corrected chi connectivity index (χ2v) is 4.04. The van der Waals surface area contributed by atoms with Crippen molar-refractivity contribution in [2.45, 2.75) is 6.17 Å². The van der Waals surface area contributed by atoms with E-state index in [1.807, 2.05) is 0 Å².